The van der Waals surface area contributed by atoms with E-state index < -0.39 is 23.8 Å². The van der Waals surface area contributed by atoms with Crippen molar-refractivity contribution in [2.45, 2.75) is 69.4 Å². The molecule has 1 atom stereocenters. The van der Waals surface area contributed by atoms with Crippen LogP contribution in [0.2, 0.25) is 0 Å². The van der Waals surface area contributed by atoms with E-state index in [1.807, 2.05) is 30.5 Å². The molecule has 0 spiro atoms. The van der Waals surface area contributed by atoms with Crippen LogP contribution in [0.15, 0.2) is 54.9 Å². The van der Waals surface area contributed by atoms with Crippen molar-refractivity contribution in [1.29, 1.82) is 0 Å². The van der Waals surface area contributed by atoms with E-state index in [2.05, 4.69) is 21.2 Å². The number of likely N-dealkylation sites (N-methyl/N-ethyl adjacent to an activating group) is 1. The molecule has 11 heteroatoms. The van der Waals surface area contributed by atoms with Gasteiger partial charge in [0.15, 0.2) is 0 Å². The fraction of sp³-hybridized carbons (Fsp3) is 0.400. The summed E-state index contributed by atoms with van der Waals surface area (Å²) in [6, 6.07) is 12.6. The first-order valence-corrected chi connectivity index (χ1v) is 16.2. The van der Waals surface area contributed by atoms with Crippen LogP contribution in [0.25, 0.3) is 22.3 Å². The molecule has 46 heavy (non-hydrogen) atoms. The summed E-state index contributed by atoms with van der Waals surface area (Å²) < 4.78 is 2.16. The maximum atomic E-state index is 13.2. The molecule has 1 unspecified atom stereocenters. The van der Waals surface area contributed by atoms with Crippen molar-refractivity contribution in [3.05, 3.63) is 71.7 Å². The van der Waals surface area contributed by atoms with Gasteiger partial charge in [-0.15, -0.1) is 0 Å². The largest absolute Gasteiger partial charge is 0.385 e. The highest BCUT2D eigenvalue weighted by atomic mass is 16.2. The SMILES string of the molecule is CN1C(=O)CCC(N2C(=O)c3ccc(NCCCC4CC(n5cc(-c6cnc7ccccc7n6)c(C6CC6)n5)C4)cc3C2=O)C1=O. The summed E-state index contributed by atoms with van der Waals surface area (Å²) in [5.74, 6) is -0.625. The zero-order valence-electron chi connectivity index (χ0n) is 25.7. The van der Waals surface area contributed by atoms with Crippen LogP contribution in [0.1, 0.15) is 89.7 Å². The molecule has 11 nitrogen and oxygen atoms in total. The van der Waals surface area contributed by atoms with Gasteiger partial charge in [-0.05, 0) is 81.2 Å². The third-order valence-corrected chi connectivity index (χ3v) is 10.0. The van der Waals surface area contributed by atoms with Gasteiger partial charge >= 0.3 is 0 Å². The van der Waals surface area contributed by atoms with Gasteiger partial charge in [-0.2, -0.15) is 5.10 Å². The molecule has 3 fully saturated rings. The van der Waals surface area contributed by atoms with Crippen LogP contribution in [0.4, 0.5) is 5.69 Å². The second-order valence-corrected chi connectivity index (χ2v) is 13.1. The number of anilines is 1. The van der Waals surface area contributed by atoms with Gasteiger partial charge in [-0.1, -0.05) is 12.1 Å². The smallest absolute Gasteiger partial charge is 0.262 e. The highest BCUT2D eigenvalue weighted by Gasteiger charge is 2.46. The summed E-state index contributed by atoms with van der Waals surface area (Å²) in [5.41, 5.74) is 6.31. The fourth-order valence-electron chi connectivity index (χ4n) is 7.10. The number of benzene rings is 2. The quantitative estimate of drug-likeness (QED) is 0.206. The molecule has 2 saturated carbocycles. The molecule has 0 radical (unpaired) electrons. The lowest BCUT2D eigenvalue weighted by atomic mass is 9.77. The average molecular weight is 618 g/mol. The number of para-hydroxylation sites is 2. The van der Waals surface area contributed by atoms with Crippen LogP contribution >= 0.6 is 0 Å². The number of imide groups is 2. The van der Waals surface area contributed by atoms with Crippen LogP contribution in [0, 0.1) is 5.92 Å². The zero-order chi connectivity index (χ0) is 31.5. The molecule has 1 N–H and O–H groups in total. The lowest BCUT2D eigenvalue weighted by molar-refractivity contribution is -0.149. The molecule has 2 aliphatic heterocycles. The number of hydrogen-bond donors (Lipinski definition) is 1. The van der Waals surface area contributed by atoms with Crippen molar-refractivity contribution in [2.75, 3.05) is 18.9 Å². The molecule has 0 bridgehead atoms. The third-order valence-electron chi connectivity index (χ3n) is 10.0. The molecule has 4 amide bonds. The molecule has 2 aromatic heterocycles. The average Bonchev–Trinajstić information content (AvgIpc) is 3.76. The Kier molecular flexibility index (Phi) is 6.92. The lowest BCUT2D eigenvalue weighted by Gasteiger charge is -2.35. The number of piperidine rings is 1. The Morgan fingerprint density at radius 2 is 1.70 bits per heavy atom. The van der Waals surface area contributed by atoms with Crippen molar-refractivity contribution in [3.8, 4) is 11.3 Å². The van der Waals surface area contributed by atoms with Gasteiger partial charge in [-0.3, -0.25) is 38.6 Å². The van der Waals surface area contributed by atoms with Crippen molar-refractivity contribution in [2.24, 2.45) is 5.92 Å². The number of rotatable bonds is 9. The summed E-state index contributed by atoms with van der Waals surface area (Å²) >= 11 is 0. The molecule has 234 valence electrons. The van der Waals surface area contributed by atoms with Crippen LogP contribution in [0.5, 0.6) is 0 Å². The van der Waals surface area contributed by atoms with Gasteiger partial charge < -0.3 is 5.32 Å². The minimum absolute atomic E-state index is 0.125. The Morgan fingerprint density at radius 3 is 2.50 bits per heavy atom. The number of amides is 4. The normalized spacial score (nSPS) is 22.8. The maximum absolute atomic E-state index is 13.2. The van der Waals surface area contributed by atoms with E-state index in [4.69, 9.17) is 10.1 Å². The van der Waals surface area contributed by atoms with E-state index in [1.165, 1.54) is 19.9 Å². The number of carbonyl (C=O) groups excluding carboxylic acids is 4. The number of hydrogen-bond acceptors (Lipinski definition) is 8. The predicted octanol–water partition coefficient (Wildman–Crippen LogP) is 4.96. The number of nitrogens with zero attached hydrogens (tertiary/aromatic N) is 6. The van der Waals surface area contributed by atoms with Crippen LogP contribution in [0.3, 0.4) is 0 Å². The Morgan fingerprint density at radius 1 is 0.913 bits per heavy atom. The molecular formula is C35H35N7O4. The van der Waals surface area contributed by atoms with Crippen molar-refractivity contribution in [3.63, 3.8) is 0 Å². The molecule has 4 aliphatic rings. The minimum Gasteiger partial charge on any atom is -0.385 e. The fourth-order valence-corrected chi connectivity index (χ4v) is 7.10. The van der Waals surface area contributed by atoms with E-state index in [-0.39, 0.29) is 18.7 Å². The molecule has 1 saturated heterocycles. The minimum atomic E-state index is -0.946. The van der Waals surface area contributed by atoms with E-state index in [1.54, 1.807) is 18.2 Å². The second kappa shape index (κ2) is 11.1. The first-order chi connectivity index (χ1) is 22.4. The summed E-state index contributed by atoms with van der Waals surface area (Å²) in [5, 5.41) is 8.45. The van der Waals surface area contributed by atoms with E-state index >= 15 is 0 Å². The lowest BCUT2D eigenvalue weighted by Crippen LogP contribution is -2.54. The summed E-state index contributed by atoms with van der Waals surface area (Å²) in [7, 11) is 1.39. The van der Waals surface area contributed by atoms with E-state index in [0.29, 0.717) is 29.0 Å². The third kappa shape index (κ3) is 4.94. The first-order valence-electron chi connectivity index (χ1n) is 16.2. The van der Waals surface area contributed by atoms with E-state index in [9.17, 15) is 19.2 Å². The Hall–Kier alpha value is -4.93. The summed E-state index contributed by atoms with van der Waals surface area (Å²) in [6.45, 7) is 0.748. The first kappa shape index (κ1) is 28.5. The Labute approximate surface area is 266 Å². The van der Waals surface area contributed by atoms with Gasteiger partial charge in [0.05, 0.1) is 45.8 Å². The number of likely N-dealkylation sites (tertiary alicyclic amines) is 1. The number of aromatic nitrogens is 4. The molecule has 8 rings (SSSR count). The maximum Gasteiger partial charge on any atom is 0.262 e. The van der Waals surface area contributed by atoms with Gasteiger partial charge in [0.25, 0.3) is 17.7 Å². The van der Waals surface area contributed by atoms with Crippen molar-refractivity contribution < 1.29 is 19.2 Å². The van der Waals surface area contributed by atoms with Crippen molar-refractivity contribution in [1.82, 2.24) is 29.5 Å². The van der Waals surface area contributed by atoms with Gasteiger partial charge in [0.1, 0.15) is 6.04 Å². The summed E-state index contributed by atoms with van der Waals surface area (Å²) in [4.78, 5) is 62.4. The van der Waals surface area contributed by atoms with Crippen LogP contribution < -0.4 is 5.32 Å². The Balaban J connectivity index is 0.852. The highest BCUT2D eigenvalue weighted by molar-refractivity contribution is 6.23. The van der Waals surface area contributed by atoms with Gasteiger partial charge in [0, 0.05) is 43.4 Å². The molecule has 2 aliphatic carbocycles. The topological polar surface area (TPSA) is 130 Å². The molecule has 4 heterocycles. The van der Waals surface area contributed by atoms with Gasteiger partial charge in [-0.25, -0.2) is 4.98 Å². The number of nitrogens with one attached hydrogen (secondary N) is 1. The Bertz CT molecular complexity index is 1910. The second-order valence-electron chi connectivity index (χ2n) is 13.1. The van der Waals surface area contributed by atoms with Crippen molar-refractivity contribution >= 4 is 40.3 Å². The monoisotopic (exact) mass is 617 g/mol. The standard InChI is InChI=1S/C35H35N7O4/c1-40-31(43)13-12-30(35(40)46)42-33(44)24-11-10-22(17-25(24)34(42)45)36-14-4-5-20-15-23(16-20)41-19-26(32(39-41)21-8-9-21)29-18-37-27-6-2-3-7-28(27)38-29/h2-3,6-7,10-11,17-21,23,30,36H,4-5,8-9,12-16H2,1H3. The number of carbonyl (C=O) groups is 4. The number of fused-ring (bicyclic) bond motifs is 2. The summed E-state index contributed by atoms with van der Waals surface area (Å²) in [6.07, 6.45) is 11.0. The highest BCUT2D eigenvalue weighted by Crippen LogP contribution is 2.46. The molecule has 2 aromatic carbocycles. The van der Waals surface area contributed by atoms with Crippen LogP contribution in [-0.2, 0) is 9.59 Å². The van der Waals surface area contributed by atoms with Gasteiger partial charge in [0.2, 0.25) is 5.91 Å². The van der Waals surface area contributed by atoms with E-state index in [0.717, 1.165) is 75.7 Å². The van der Waals surface area contributed by atoms with Crippen LogP contribution in [-0.4, -0.2) is 72.8 Å². The molecular weight excluding hydrogens is 582 g/mol. The molecule has 4 aromatic rings. The zero-order valence-corrected chi connectivity index (χ0v) is 25.7. The predicted molar refractivity (Wildman–Crippen MR) is 170 cm³/mol.